The van der Waals surface area contributed by atoms with E-state index in [9.17, 15) is 14.4 Å². The first-order valence-electron chi connectivity index (χ1n) is 8.10. The van der Waals surface area contributed by atoms with Crippen LogP contribution in [0.3, 0.4) is 0 Å². The molecule has 26 heavy (non-hydrogen) atoms. The topological polar surface area (TPSA) is 90.3 Å². The van der Waals surface area contributed by atoms with E-state index in [2.05, 4.69) is 5.32 Å². The van der Waals surface area contributed by atoms with Crippen LogP contribution >= 0.6 is 0 Å². The van der Waals surface area contributed by atoms with E-state index in [4.69, 9.17) is 5.26 Å². The largest absolute Gasteiger partial charge is 0.326 e. The van der Waals surface area contributed by atoms with E-state index in [-0.39, 0.29) is 30.6 Å². The van der Waals surface area contributed by atoms with Crippen molar-refractivity contribution in [3.8, 4) is 6.07 Å². The minimum atomic E-state index is -0.269. The van der Waals surface area contributed by atoms with Crippen molar-refractivity contribution in [3.05, 3.63) is 59.7 Å². The molecule has 2 amide bonds. The van der Waals surface area contributed by atoms with Crippen LogP contribution in [-0.2, 0) is 9.59 Å². The van der Waals surface area contributed by atoms with Crippen LogP contribution in [-0.4, -0.2) is 24.1 Å². The second kappa shape index (κ2) is 8.58. The summed E-state index contributed by atoms with van der Waals surface area (Å²) in [5.74, 6) is -0.579. The fourth-order valence-electron chi connectivity index (χ4n) is 2.46. The van der Waals surface area contributed by atoms with Gasteiger partial charge in [0.15, 0.2) is 5.78 Å². The Hall–Kier alpha value is -3.46. The predicted molar refractivity (Wildman–Crippen MR) is 98.9 cm³/mol. The van der Waals surface area contributed by atoms with Crippen LogP contribution < -0.4 is 10.2 Å². The molecule has 0 saturated carbocycles. The number of nitrogens with one attached hydrogen (secondary N) is 1. The van der Waals surface area contributed by atoms with Gasteiger partial charge in [-0.3, -0.25) is 14.4 Å². The Balaban J connectivity index is 2.05. The van der Waals surface area contributed by atoms with Crippen LogP contribution in [0.5, 0.6) is 0 Å². The van der Waals surface area contributed by atoms with E-state index in [0.717, 1.165) is 0 Å². The average molecular weight is 349 g/mol. The van der Waals surface area contributed by atoms with Crippen LogP contribution in [0.4, 0.5) is 11.4 Å². The molecule has 0 aliphatic carbocycles. The van der Waals surface area contributed by atoms with Crippen molar-refractivity contribution in [2.75, 3.05) is 16.8 Å². The van der Waals surface area contributed by atoms with Crippen LogP contribution in [0.2, 0.25) is 0 Å². The van der Waals surface area contributed by atoms with Crippen molar-refractivity contribution in [3.63, 3.8) is 0 Å². The summed E-state index contributed by atoms with van der Waals surface area (Å²) in [7, 11) is 0. The summed E-state index contributed by atoms with van der Waals surface area (Å²) in [4.78, 5) is 37.1. The predicted octanol–water partition coefficient (Wildman–Crippen LogP) is 3.14. The smallest absolute Gasteiger partial charge is 0.226 e. The van der Waals surface area contributed by atoms with Crippen LogP contribution in [0, 0.1) is 11.3 Å². The maximum Gasteiger partial charge on any atom is 0.226 e. The van der Waals surface area contributed by atoms with Crippen molar-refractivity contribution in [2.24, 2.45) is 0 Å². The first-order chi connectivity index (χ1) is 12.4. The second-order valence-corrected chi connectivity index (χ2v) is 5.77. The molecule has 0 bridgehead atoms. The van der Waals surface area contributed by atoms with Gasteiger partial charge >= 0.3 is 0 Å². The van der Waals surface area contributed by atoms with E-state index >= 15 is 0 Å². The van der Waals surface area contributed by atoms with Crippen molar-refractivity contribution in [1.82, 2.24) is 0 Å². The molecule has 2 rings (SSSR count). The van der Waals surface area contributed by atoms with Gasteiger partial charge in [0.05, 0.1) is 11.6 Å². The number of Topliss-reactive ketones (excluding diaryl/α,β-unsaturated/α-hetero) is 1. The Bertz CT molecular complexity index is 884. The lowest BCUT2D eigenvalue weighted by atomic mass is 10.1. The van der Waals surface area contributed by atoms with Crippen molar-refractivity contribution in [1.29, 1.82) is 5.26 Å². The van der Waals surface area contributed by atoms with E-state index < -0.39 is 0 Å². The van der Waals surface area contributed by atoms with Gasteiger partial charge in [-0.1, -0.05) is 18.2 Å². The van der Waals surface area contributed by atoms with E-state index in [1.165, 1.54) is 18.7 Å². The molecule has 0 fully saturated rings. The first kappa shape index (κ1) is 18.9. The zero-order chi connectivity index (χ0) is 19.1. The molecule has 0 aliphatic heterocycles. The molecule has 0 spiro atoms. The molecule has 0 atom stereocenters. The summed E-state index contributed by atoms with van der Waals surface area (Å²) in [6, 6.07) is 15.4. The Morgan fingerprint density at radius 3 is 2.46 bits per heavy atom. The maximum absolute atomic E-state index is 12.2. The summed E-state index contributed by atoms with van der Waals surface area (Å²) < 4.78 is 0. The second-order valence-electron chi connectivity index (χ2n) is 5.77. The minimum absolute atomic E-state index is 0.0840. The van der Waals surface area contributed by atoms with E-state index in [1.807, 2.05) is 6.07 Å². The summed E-state index contributed by atoms with van der Waals surface area (Å²) in [5, 5.41) is 11.6. The van der Waals surface area contributed by atoms with Gasteiger partial charge in [0.1, 0.15) is 0 Å². The normalized spacial score (nSPS) is 9.88. The fraction of sp³-hybridized carbons (Fsp3) is 0.200. The first-order valence-corrected chi connectivity index (χ1v) is 8.10. The highest BCUT2D eigenvalue weighted by Crippen LogP contribution is 2.18. The summed E-state index contributed by atoms with van der Waals surface area (Å²) in [6.45, 7) is 3.05. The minimum Gasteiger partial charge on any atom is -0.326 e. The molecule has 6 heteroatoms. The fourth-order valence-corrected chi connectivity index (χ4v) is 2.46. The standard InChI is InChI=1S/C20H19N3O3/c1-14(24)17-6-4-8-19(12-17)23(15(2)25)10-9-20(26)22-18-7-3-5-16(11-18)13-21/h3-8,11-12H,9-10H2,1-2H3,(H,22,26). The lowest BCUT2D eigenvalue weighted by molar-refractivity contribution is -0.117. The Morgan fingerprint density at radius 2 is 1.81 bits per heavy atom. The molecule has 0 radical (unpaired) electrons. The Kier molecular flexibility index (Phi) is 6.23. The molecule has 0 unspecified atom stereocenters. The van der Waals surface area contributed by atoms with Crippen LogP contribution in [0.25, 0.3) is 0 Å². The number of benzene rings is 2. The molecule has 0 saturated heterocycles. The molecule has 0 aromatic heterocycles. The summed E-state index contributed by atoms with van der Waals surface area (Å²) in [5.41, 5.74) is 2.06. The third-order valence-electron chi connectivity index (χ3n) is 3.78. The molecule has 2 aromatic rings. The molecule has 0 aliphatic rings. The van der Waals surface area contributed by atoms with Gasteiger partial charge in [-0.05, 0) is 37.3 Å². The molecular formula is C20H19N3O3. The molecule has 0 heterocycles. The molecule has 6 nitrogen and oxygen atoms in total. The number of carbonyl (C=O) groups is 3. The third-order valence-corrected chi connectivity index (χ3v) is 3.78. The van der Waals surface area contributed by atoms with Crippen LogP contribution in [0.15, 0.2) is 48.5 Å². The van der Waals surface area contributed by atoms with Gasteiger partial charge < -0.3 is 10.2 Å². The van der Waals surface area contributed by atoms with Gasteiger partial charge in [0.25, 0.3) is 0 Å². The third kappa shape index (κ3) is 5.02. The SMILES string of the molecule is CC(=O)c1cccc(N(CCC(=O)Nc2cccc(C#N)c2)C(C)=O)c1. The van der Waals surface area contributed by atoms with Crippen LogP contribution in [0.1, 0.15) is 36.2 Å². The Labute approximate surface area is 152 Å². The van der Waals surface area contributed by atoms with E-state index in [0.29, 0.717) is 22.5 Å². The molecule has 2 aromatic carbocycles. The highest BCUT2D eigenvalue weighted by Gasteiger charge is 2.15. The zero-order valence-electron chi connectivity index (χ0n) is 14.7. The maximum atomic E-state index is 12.2. The molecule has 132 valence electrons. The number of nitrogens with zero attached hydrogens (tertiary/aromatic N) is 2. The number of rotatable bonds is 6. The lowest BCUT2D eigenvalue weighted by Crippen LogP contribution is -2.32. The highest BCUT2D eigenvalue weighted by atomic mass is 16.2. The molecule has 1 N–H and O–H groups in total. The zero-order valence-corrected chi connectivity index (χ0v) is 14.7. The number of amides is 2. The van der Waals surface area contributed by atoms with Gasteiger partial charge in [0.2, 0.25) is 11.8 Å². The summed E-state index contributed by atoms with van der Waals surface area (Å²) >= 11 is 0. The van der Waals surface area contributed by atoms with E-state index in [1.54, 1.807) is 48.5 Å². The number of nitriles is 1. The number of anilines is 2. The monoisotopic (exact) mass is 349 g/mol. The average Bonchev–Trinajstić information content (AvgIpc) is 2.62. The van der Waals surface area contributed by atoms with Gasteiger partial charge in [-0.2, -0.15) is 5.26 Å². The molecular weight excluding hydrogens is 330 g/mol. The van der Waals surface area contributed by atoms with Crippen molar-refractivity contribution < 1.29 is 14.4 Å². The Morgan fingerprint density at radius 1 is 1.08 bits per heavy atom. The quantitative estimate of drug-likeness (QED) is 0.811. The number of hydrogen-bond acceptors (Lipinski definition) is 4. The number of carbonyl (C=O) groups excluding carboxylic acids is 3. The van der Waals surface area contributed by atoms with Crippen molar-refractivity contribution in [2.45, 2.75) is 20.3 Å². The lowest BCUT2D eigenvalue weighted by Gasteiger charge is -2.21. The van der Waals surface area contributed by atoms with Crippen molar-refractivity contribution >= 4 is 29.0 Å². The highest BCUT2D eigenvalue weighted by molar-refractivity contribution is 5.98. The van der Waals surface area contributed by atoms with Gasteiger partial charge in [-0.25, -0.2) is 0 Å². The van der Waals surface area contributed by atoms with Gasteiger partial charge in [0, 0.05) is 36.8 Å². The number of ketones is 1. The summed E-state index contributed by atoms with van der Waals surface area (Å²) in [6.07, 6.45) is 0.0840. The number of hydrogen-bond donors (Lipinski definition) is 1. The van der Waals surface area contributed by atoms with Gasteiger partial charge in [-0.15, -0.1) is 0 Å².